The van der Waals surface area contributed by atoms with Crippen molar-refractivity contribution in [2.45, 2.75) is 90.6 Å². The molecule has 2 aliphatic carbocycles. The maximum Gasteiger partial charge on any atom is 0.201 e. The van der Waals surface area contributed by atoms with Crippen molar-refractivity contribution >= 4 is 5.57 Å². The monoisotopic (exact) mass is 446 g/mol. The van der Waals surface area contributed by atoms with Gasteiger partial charge in [-0.2, -0.15) is 4.39 Å². The van der Waals surface area contributed by atoms with E-state index in [1.54, 1.807) is 13.0 Å². The quantitative estimate of drug-likeness (QED) is 0.423. The highest BCUT2D eigenvalue weighted by Crippen LogP contribution is 2.44. The van der Waals surface area contributed by atoms with Gasteiger partial charge < -0.3 is 9.47 Å². The van der Waals surface area contributed by atoms with Crippen LogP contribution in [0.5, 0.6) is 5.75 Å². The van der Waals surface area contributed by atoms with Gasteiger partial charge in [0.15, 0.2) is 11.6 Å². The molecule has 32 heavy (non-hydrogen) atoms. The summed E-state index contributed by atoms with van der Waals surface area (Å²) in [6.45, 7) is 4.74. The molecule has 0 spiro atoms. The summed E-state index contributed by atoms with van der Waals surface area (Å²) in [4.78, 5) is 0. The molecule has 0 N–H and O–H groups in total. The molecule has 1 aromatic carbocycles. The zero-order chi connectivity index (χ0) is 22.5. The molecule has 2 nitrogen and oxygen atoms in total. The average Bonchev–Trinajstić information content (AvgIpc) is 2.83. The molecule has 1 heterocycles. The molecule has 1 aliphatic heterocycles. The van der Waals surface area contributed by atoms with Crippen LogP contribution in [0.4, 0.5) is 8.78 Å². The first-order valence-electron chi connectivity index (χ1n) is 13.0. The van der Waals surface area contributed by atoms with Crippen molar-refractivity contribution in [1.82, 2.24) is 0 Å². The molecule has 4 heteroatoms. The summed E-state index contributed by atoms with van der Waals surface area (Å²) in [5, 5.41) is 0. The minimum absolute atomic E-state index is 0.0282. The maximum absolute atomic E-state index is 14.6. The normalized spacial score (nSPS) is 31.2. The molecule has 1 unspecified atom stereocenters. The summed E-state index contributed by atoms with van der Waals surface area (Å²) in [6.07, 6.45) is 16.8. The van der Waals surface area contributed by atoms with E-state index in [2.05, 4.69) is 13.0 Å². The van der Waals surface area contributed by atoms with E-state index in [4.69, 9.17) is 9.47 Å². The molecule has 1 atom stereocenters. The fourth-order valence-electron chi connectivity index (χ4n) is 6.49. The van der Waals surface area contributed by atoms with Crippen molar-refractivity contribution in [1.29, 1.82) is 0 Å². The molecule has 0 radical (unpaired) electrons. The molecule has 4 rings (SSSR count). The number of hydrogen-bond donors (Lipinski definition) is 0. The third-order valence-electron chi connectivity index (χ3n) is 8.34. The van der Waals surface area contributed by atoms with Crippen molar-refractivity contribution in [2.75, 3.05) is 13.2 Å². The minimum Gasteiger partial charge on any atom is -0.491 e. The third-order valence-corrected chi connectivity index (χ3v) is 8.34. The van der Waals surface area contributed by atoms with Crippen molar-refractivity contribution < 1.29 is 18.3 Å². The Balaban J connectivity index is 1.28. The van der Waals surface area contributed by atoms with Crippen LogP contribution in [0, 0.1) is 35.3 Å². The molecule has 1 aromatic rings. The Morgan fingerprint density at radius 1 is 0.875 bits per heavy atom. The molecular weight excluding hydrogens is 406 g/mol. The standard InChI is InChI=1S/C28H40F2O2/c1-3-5-19-6-8-20(9-7-19)21-10-12-22(13-11-21)25-16-14-23(18-32-25)24-15-17-26(31-4-2)28(30)27(24)29/h14-15,17,19-22,25H,3-13,16,18H2,1-2H3. The number of benzene rings is 1. The van der Waals surface area contributed by atoms with E-state index in [1.165, 1.54) is 70.3 Å². The summed E-state index contributed by atoms with van der Waals surface area (Å²) < 4.78 is 40.2. The molecule has 178 valence electrons. The van der Waals surface area contributed by atoms with Crippen molar-refractivity contribution in [3.8, 4) is 5.75 Å². The molecule has 2 fully saturated rings. The molecule has 2 saturated carbocycles. The van der Waals surface area contributed by atoms with Crippen LogP contribution >= 0.6 is 0 Å². The second kappa shape index (κ2) is 11.1. The average molecular weight is 447 g/mol. The lowest BCUT2D eigenvalue weighted by molar-refractivity contribution is 0.00265. The van der Waals surface area contributed by atoms with Gasteiger partial charge in [-0.1, -0.05) is 38.7 Å². The van der Waals surface area contributed by atoms with Gasteiger partial charge in [0.25, 0.3) is 0 Å². The topological polar surface area (TPSA) is 18.5 Å². The van der Waals surface area contributed by atoms with E-state index in [0.29, 0.717) is 24.7 Å². The van der Waals surface area contributed by atoms with E-state index in [1.807, 2.05) is 0 Å². The predicted molar refractivity (Wildman–Crippen MR) is 126 cm³/mol. The Bertz CT molecular complexity index is 774. The van der Waals surface area contributed by atoms with Gasteiger partial charge in [0, 0.05) is 5.56 Å². The van der Waals surface area contributed by atoms with Gasteiger partial charge in [-0.05, 0) is 93.2 Å². The fraction of sp³-hybridized carbons (Fsp3) is 0.714. The Labute approximate surface area is 192 Å². The highest BCUT2D eigenvalue weighted by atomic mass is 19.2. The Morgan fingerprint density at radius 2 is 1.53 bits per heavy atom. The Hall–Kier alpha value is -1.42. The summed E-state index contributed by atoms with van der Waals surface area (Å²) in [7, 11) is 0. The van der Waals surface area contributed by atoms with Gasteiger partial charge in [0.1, 0.15) is 0 Å². The van der Waals surface area contributed by atoms with Gasteiger partial charge in [0.2, 0.25) is 5.82 Å². The van der Waals surface area contributed by atoms with Gasteiger partial charge in [0.05, 0.1) is 19.3 Å². The van der Waals surface area contributed by atoms with Crippen LogP contribution in [0.15, 0.2) is 18.2 Å². The van der Waals surface area contributed by atoms with Crippen LogP contribution < -0.4 is 4.74 Å². The maximum atomic E-state index is 14.6. The largest absolute Gasteiger partial charge is 0.491 e. The lowest BCUT2D eigenvalue weighted by Gasteiger charge is -2.40. The van der Waals surface area contributed by atoms with Crippen molar-refractivity contribution in [3.05, 3.63) is 35.4 Å². The summed E-state index contributed by atoms with van der Waals surface area (Å²) in [5.74, 6) is 1.66. The molecule has 0 aromatic heterocycles. The summed E-state index contributed by atoms with van der Waals surface area (Å²) >= 11 is 0. The van der Waals surface area contributed by atoms with Crippen molar-refractivity contribution in [2.24, 2.45) is 23.7 Å². The lowest BCUT2D eigenvalue weighted by Crippen LogP contribution is -2.33. The van der Waals surface area contributed by atoms with Crippen LogP contribution in [0.3, 0.4) is 0 Å². The van der Waals surface area contributed by atoms with Crippen LogP contribution in [0.1, 0.15) is 90.0 Å². The molecule has 3 aliphatic rings. The highest BCUT2D eigenvalue weighted by molar-refractivity contribution is 5.68. The smallest absolute Gasteiger partial charge is 0.201 e. The first kappa shape index (κ1) is 23.7. The Kier molecular flexibility index (Phi) is 8.26. The second-order valence-electron chi connectivity index (χ2n) is 10.2. The first-order valence-corrected chi connectivity index (χ1v) is 13.0. The van der Waals surface area contributed by atoms with Crippen LogP contribution in [-0.4, -0.2) is 19.3 Å². The molecule has 0 amide bonds. The molecular formula is C28H40F2O2. The summed E-state index contributed by atoms with van der Waals surface area (Å²) in [5.41, 5.74) is 1.05. The van der Waals surface area contributed by atoms with Crippen molar-refractivity contribution in [3.63, 3.8) is 0 Å². The van der Waals surface area contributed by atoms with Crippen LogP contribution in [-0.2, 0) is 4.74 Å². The Morgan fingerprint density at radius 3 is 2.12 bits per heavy atom. The van der Waals surface area contributed by atoms with Crippen LogP contribution in [0.25, 0.3) is 5.57 Å². The van der Waals surface area contributed by atoms with Gasteiger partial charge in [-0.3, -0.25) is 0 Å². The van der Waals surface area contributed by atoms with E-state index in [0.717, 1.165) is 29.7 Å². The number of halogens is 2. The highest BCUT2D eigenvalue weighted by Gasteiger charge is 2.34. The number of rotatable bonds is 7. The number of ether oxygens (including phenoxy) is 2. The number of hydrogen-bond acceptors (Lipinski definition) is 2. The lowest BCUT2D eigenvalue weighted by atomic mass is 9.68. The summed E-state index contributed by atoms with van der Waals surface area (Å²) in [6, 6.07) is 3.13. The van der Waals surface area contributed by atoms with Gasteiger partial charge in [-0.15, -0.1) is 0 Å². The van der Waals surface area contributed by atoms with Gasteiger partial charge in [-0.25, -0.2) is 4.39 Å². The van der Waals surface area contributed by atoms with E-state index < -0.39 is 11.6 Å². The molecule has 0 saturated heterocycles. The third kappa shape index (κ3) is 5.38. The van der Waals surface area contributed by atoms with Gasteiger partial charge >= 0.3 is 0 Å². The van der Waals surface area contributed by atoms with E-state index in [9.17, 15) is 8.78 Å². The fourth-order valence-corrected chi connectivity index (χ4v) is 6.49. The van der Waals surface area contributed by atoms with E-state index >= 15 is 0 Å². The minimum atomic E-state index is -0.908. The molecule has 0 bridgehead atoms. The first-order chi connectivity index (χ1) is 15.6. The zero-order valence-electron chi connectivity index (χ0n) is 19.9. The SMILES string of the molecule is CCCC1CCC(C2CCC(C3CC=C(c4ccc(OCC)c(F)c4F)CO3)CC2)CC1. The zero-order valence-corrected chi connectivity index (χ0v) is 19.9. The van der Waals surface area contributed by atoms with Crippen LogP contribution in [0.2, 0.25) is 0 Å². The second-order valence-corrected chi connectivity index (χ2v) is 10.2. The van der Waals surface area contributed by atoms with E-state index in [-0.39, 0.29) is 11.9 Å². The predicted octanol–water partition coefficient (Wildman–Crippen LogP) is 7.95.